The number of benzene rings is 1. The molecule has 2 rings (SSSR count). The van der Waals surface area contributed by atoms with Gasteiger partial charge in [0.2, 0.25) is 0 Å². The SMILES string of the molecule is NC(=N/N=C\c1ccc(-c2cccc(Cl)c2Cl)o1)N[N+](=O)[O-]. The molecule has 0 spiro atoms. The minimum Gasteiger partial charge on any atom is -0.455 e. The number of guanidine groups is 1. The van der Waals surface area contributed by atoms with Gasteiger partial charge in [0.25, 0.3) is 5.96 Å². The molecule has 0 radical (unpaired) electrons. The van der Waals surface area contributed by atoms with Gasteiger partial charge in [-0.1, -0.05) is 34.7 Å². The number of nitrogens with two attached hydrogens (primary N) is 1. The standard InChI is InChI=1S/C12H9Cl2N5O3/c13-9-3-1-2-8(11(9)14)10-5-4-7(22-10)6-16-17-12(15)18-19(20)21/h1-6H,(H3,15,17,18)/b16-6-. The smallest absolute Gasteiger partial charge is 0.275 e. The van der Waals surface area contributed by atoms with Crippen LogP contribution in [0.1, 0.15) is 5.76 Å². The molecule has 8 nitrogen and oxygen atoms in total. The zero-order valence-corrected chi connectivity index (χ0v) is 12.4. The van der Waals surface area contributed by atoms with Gasteiger partial charge in [-0.3, -0.25) is 0 Å². The Bertz CT molecular complexity index is 757. The summed E-state index contributed by atoms with van der Waals surface area (Å²) in [7, 11) is 0. The molecule has 2 aromatic rings. The Hall–Kier alpha value is -2.58. The van der Waals surface area contributed by atoms with E-state index in [1.807, 2.05) is 0 Å². The molecule has 0 aliphatic carbocycles. The lowest BCUT2D eigenvalue weighted by molar-refractivity contribution is -0.525. The van der Waals surface area contributed by atoms with Crippen molar-refractivity contribution in [3.63, 3.8) is 0 Å². The van der Waals surface area contributed by atoms with Crippen LogP contribution < -0.4 is 11.2 Å². The van der Waals surface area contributed by atoms with Crippen molar-refractivity contribution < 1.29 is 9.45 Å². The third-order valence-electron chi connectivity index (χ3n) is 2.40. The van der Waals surface area contributed by atoms with Crippen LogP contribution in [0, 0.1) is 10.1 Å². The van der Waals surface area contributed by atoms with Crippen molar-refractivity contribution in [2.45, 2.75) is 0 Å². The highest BCUT2D eigenvalue weighted by atomic mass is 35.5. The van der Waals surface area contributed by atoms with Gasteiger partial charge in [-0.15, -0.1) is 5.10 Å². The molecule has 0 aliphatic heterocycles. The van der Waals surface area contributed by atoms with Crippen LogP contribution in [0.25, 0.3) is 11.3 Å². The summed E-state index contributed by atoms with van der Waals surface area (Å²) in [4.78, 5) is 10.1. The Morgan fingerprint density at radius 1 is 1.36 bits per heavy atom. The molecule has 10 heteroatoms. The van der Waals surface area contributed by atoms with Gasteiger partial charge in [-0.25, -0.2) is 10.1 Å². The maximum absolute atomic E-state index is 10.1. The molecule has 0 unspecified atom stereocenters. The number of nitrogens with zero attached hydrogens (tertiary/aromatic N) is 3. The molecule has 0 atom stereocenters. The highest BCUT2D eigenvalue weighted by Crippen LogP contribution is 2.34. The topological polar surface area (TPSA) is 119 Å². The number of hydrogen-bond donors (Lipinski definition) is 2. The monoisotopic (exact) mass is 341 g/mol. The second-order valence-corrected chi connectivity index (χ2v) is 4.69. The minimum atomic E-state index is -0.847. The molecule has 0 fully saturated rings. The van der Waals surface area contributed by atoms with E-state index in [2.05, 4.69) is 10.2 Å². The van der Waals surface area contributed by atoms with Crippen molar-refractivity contribution in [1.29, 1.82) is 0 Å². The zero-order chi connectivity index (χ0) is 16.1. The van der Waals surface area contributed by atoms with Crippen molar-refractivity contribution in [3.05, 3.63) is 56.3 Å². The molecule has 0 bridgehead atoms. The highest BCUT2D eigenvalue weighted by Gasteiger charge is 2.10. The van der Waals surface area contributed by atoms with Crippen molar-refractivity contribution >= 4 is 35.4 Å². The van der Waals surface area contributed by atoms with Crippen molar-refractivity contribution in [2.75, 3.05) is 0 Å². The Morgan fingerprint density at radius 2 is 2.14 bits per heavy atom. The van der Waals surface area contributed by atoms with E-state index in [0.29, 0.717) is 27.1 Å². The third kappa shape index (κ3) is 3.96. The van der Waals surface area contributed by atoms with Crippen molar-refractivity contribution in [3.8, 4) is 11.3 Å². The van der Waals surface area contributed by atoms with E-state index in [9.17, 15) is 10.1 Å². The van der Waals surface area contributed by atoms with Crippen LogP contribution in [-0.4, -0.2) is 17.2 Å². The maximum Gasteiger partial charge on any atom is 0.275 e. The maximum atomic E-state index is 10.1. The van der Waals surface area contributed by atoms with Crippen molar-refractivity contribution in [2.24, 2.45) is 15.9 Å². The summed E-state index contributed by atoms with van der Waals surface area (Å²) in [5.41, 5.74) is 7.47. The van der Waals surface area contributed by atoms with Gasteiger partial charge in [-0.2, -0.15) is 5.10 Å². The molecular formula is C12H9Cl2N5O3. The summed E-state index contributed by atoms with van der Waals surface area (Å²) in [6.07, 6.45) is 1.25. The Morgan fingerprint density at radius 3 is 2.86 bits per heavy atom. The van der Waals surface area contributed by atoms with Crippen LogP contribution in [-0.2, 0) is 0 Å². The number of halogens is 2. The molecule has 0 amide bonds. The van der Waals surface area contributed by atoms with Gasteiger partial charge >= 0.3 is 0 Å². The van der Waals surface area contributed by atoms with E-state index < -0.39 is 11.0 Å². The highest BCUT2D eigenvalue weighted by molar-refractivity contribution is 6.43. The number of nitrogens with one attached hydrogen (secondary N) is 1. The van der Waals surface area contributed by atoms with Crippen LogP contribution in [0.5, 0.6) is 0 Å². The number of nitro groups is 1. The Labute approximate surface area is 134 Å². The first-order valence-corrected chi connectivity index (χ1v) is 6.54. The lowest BCUT2D eigenvalue weighted by atomic mass is 10.2. The predicted molar refractivity (Wildman–Crippen MR) is 83.5 cm³/mol. The van der Waals surface area contributed by atoms with Crippen LogP contribution in [0.4, 0.5) is 0 Å². The van der Waals surface area contributed by atoms with Gasteiger partial charge < -0.3 is 10.2 Å². The molecule has 0 saturated heterocycles. The first-order chi connectivity index (χ1) is 10.5. The average Bonchev–Trinajstić information content (AvgIpc) is 2.89. The average molecular weight is 342 g/mol. The fourth-order valence-corrected chi connectivity index (χ4v) is 1.92. The van der Waals surface area contributed by atoms with Gasteiger partial charge in [0.15, 0.2) is 5.03 Å². The fraction of sp³-hybridized carbons (Fsp3) is 0. The van der Waals surface area contributed by atoms with Crippen LogP contribution in [0.3, 0.4) is 0 Å². The van der Waals surface area contributed by atoms with E-state index in [4.69, 9.17) is 33.4 Å². The molecular weight excluding hydrogens is 333 g/mol. The zero-order valence-electron chi connectivity index (χ0n) is 10.9. The summed E-state index contributed by atoms with van der Waals surface area (Å²) in [6, 6.07) is 8.47. The summed E-state index contributed by atoms with van der Waals surface area (Å²) < 4.78 is 5.51. The van der Waals surface area contributed by atoms with E-state index in [1.54, 1.807) is 35.8 Å². The molecule has 1 heterocycles. The summed E-state index contributed by atoms with van der Waals surface area (Å²) in [5, 5.41) is 17.0. The van der Waals surface area contributed by atoms with Gasteiger partial charge in [0.1, 0.15) is 11.5 Å². The quantitative estimate of drug-likeness (QED) is 0.383. The van der Waals surface area contributed by atoms with E-state index in [0.717, 1.165) is 0 Å². The predicted octanol–water partition coefficient (Wildman–Crippen LogP) is 2.68. The summed E-state index contributed by atoms with van der Waals surface area (Å²) in [5.74, 6) is 0.406. The van der Waals surface area contributed by atoms with E-state index in [1.165, 1.54) is 6.21 Å². The van der Waals surface area contributed by atoms with Crippen LogP contribution >= 0.6 is 23.2 Å². The molecule has 22 heavy (non-hydrogen) atoms. The fourth-order valence-electron chi connectivity index (χ4n) is 1.52. The lowest BCUT2D eigenvalue weighted by Gasteiger charge is -2.01. The van der Waals surface area contributed by atoms with E-state index in [-0.39, 0.29) is 0 Å². The first-order valence-electron chi connectivity index (χ1n) is 5.79. The molecule has 1 aromatic heterocycles. The molecule has 1 aromatic carbocycles. The second-order valence-electron chi connectivity index (χ2n) is 3.90. The van der Waals surface area contributed by atoms with Crippen LogP contribution in [0.2, 0.25) is 10.0 Å². The first kappa shape index (κ1) is 15.8. The van der Waals surface area contributed by atoms with Gasteiger partial charge in [-0.05, 0) is 24.3 Å². The minimum absolute atomic E-state index is 0.365. The molecule has 3 N–H and O–H groups in total. The number of hydrazine groups is 1. The summed E-state index contributed by atoms with van der Waals surface area (Å²) in [6.45, 7) is 0. The van der Waals surface area contributed by atoms with Crippen LogP contribution in [0.15, 0.2) is 45.0 Å². The largest absolute Gasteiger partial charge is 0.455 e. The Balaban J connectivity index is 2.15. The summed E-state index contributed by atoms with van der Waals surface area (Å²) >= 11 is 12.0. The van der Waals surface area contributed by atoms with E-state index >= 15 is 0 Å². The number of hydrogen-bond acceptors (Lipinski definition) is 5. The molecule has 0 saturated carbocycles. The molecule has 114 valence electrons. The lowest BCUT2D eigenvalue weighted by Crippen LogP contribution is -2.35. The normalized spacial score (nSPS) is 11.8. The number of furan rings is 1. The van der Waals surface area contributed by atoms with Crippen molar-refractivity contribution in [1.82, 2.24) is 5.43 Å². The Kier molecular flexibility index (Phi) is 4.97. The van der Waals surface area contributed by atoms with Gasteiger partial charge in [0.05, 0.1) is 16.3 Å². The second kappa shape index (κ2) is 6.92. The third-order valence-corrected chi connectivity index (χ3v) is 3.22. The number of rotatable bonds is 4. The molecule has 0 aliphatic rings. The van der Waals surface area contributed by atoms with Gasteiger partial charge in [0, 0.05) is 5.56 Å².